The van der Waals surface area contributed by atoms with Crippen molar-refractivity contribution in [1.82, 2.24) is 14.8 Å². The van der Waals surface area contributed by atoms with Crippen LogP contribution in [0, 0.1) is 6.92 Å². The maximum absolute atomic E-state index is 10.9. The summed E-state index contributed by atoms with van der Waals surface area (Å²) in [5.41, 5.74) is 1.92. The topological polar surface area (TPSA) is 68.0 Å². The fraction of sp³-hybridized carbons (Fsp3) is 0.308. The van der Waals surface area contributed by atoms with Gasteiger partial charge in [0.25, 0.3) is 5.82 Å². The molecule has 0 fully saturated rings. The molecule has 0 unspecified atom stereocenters. The zero-order valence-electron chi connectivity index (χ0n) is 10.6. The van der Waals surface area contributed by atoms with E-state index in [1.165, 1.54) is 0 Å². The quantitative estimate of drug-likeness (QED) is 0.901. The highest BCUT2D eigenvalue weighted by Crippen LogP contribution is 2.18. The van der Waals surface area contributed by atoms with Crippen molar-refractivity contribution in [3.8, 4) is 5.69 Å². The number of aromatic carboxylic acids is 1. The Bertz CT molecular complexity index is 588. The molecule has 1 heterocycles. The summed E-state index contributed by atoms with van der Waals surface area (Å²) in [4.78, 5) is 15.0. The van der Waals surface area contributed by atoms with E-state index in [0.29, 0.717) is 5.82 Å². The average molecular weight is 245 g/mol. The molecule has 2 aromatic rings. The first-order chi connectivity index (χ1) is 8.49. The summed E-state index contributed by atoms with van der Waals surface area (Å²) in [6, 6.07) is 7.73. The number of benzene rings is 1. The molecule has 1 aromatic heterocycles. The fourth-order valence-corrected chi connectivity index (χ4v) is 1.74. The van der Waals surface area contributed by atoms with E-state index in [-0.39, 0.29) is 11.7 Å². The number of rotatable bonds is 3. The lowest BCUT2D eigenvalue weighted by Gasteiger charge is -2.08. The molecule has 0 aliphatic rings. The molecule has 0 amide bonds. The van der Waals surface area contributed by atoms with Gasteiger partial charge in [-0.25, -0.2) is 14.5 Å². The average Bonchev–Trinajstić information content (AvgIpc) is 2.73. The van der Waals surface area contributed by atoms with Crippen LogP contribution in [-0.2, 0) is 0 Å². The van der Waals surface area contributed by atoms with Crippen molar-refractivity contribution in [2.75, 3.05) is 0 Å². The van der Waals surface area contributed by atoms with Crippen LogP contribution < -0.4 is 0 Å². The largest absolute Gasteiger partial charge is 0.475 e. The number of aryl methyl sites for hydroxylation is 1. The number of nitrogens with zero attached hydrogens (tertiary/aromatic N) is 3. The summed E-state index contributed by atoms with van der Waals surface area (Å²) in [5.74, 6) is -0.521. The van der Waals surface area contributed by atoms with Gasteiger partial charge < -0.3 is 5.11 Å². The first-order valence-electron chi connectivity index (χ1n) is 5.76. The van der Waals surface area contributed by atoms with Crippen LogP contribution in [-0.4, -0.2) is 25.8 Å². The molecular weight excluding hydrogens is 230 g/mol. The minimum Gasteiger partial charge on any atom is -0.475 e. The number of hydrogen-bond acceptors (Lipinski definition) is 3. The normalized spacial score (nSPS) is 10.9. The molecule has 0 aliphatic heterocycles. The third-order valence-corrected chi connectivity index (χ3v) is 2.59. The molecule has 5 nitrogen and oxygen atoms in total. The van der Waals surface area contributed by atoms with Crippen LogP contribution >= 0.6 is 0 Å². The third kappa shape index (κ3) is 2.25. The molecular formula is C13H15N3O2. The van der Waals surface area contributed by atoms with E-state index in [0.717, 1.165) is 11.3 Å². The highest BCUT2D eigenvalue weighted by molar-refractivity contribution is 5.83. The van der Waals surface area contributed by atoms with E-state index in [9.17, 15) is 4.79 Å². The standard InChI is InChI=1S/C13H15N3O2/c1-8(2)12-14-11(13(17)18)15-16(12)10-6-4-5-9(3)7-10/h4-8H,1-3H3,(H,17,18). The van der Waals surface area contributed by atoms with E-state index in [1.54, 1.807) is 4.68 Å². The van der Waals surface area contributed by atoms with Crippen molar-refractivity contribution < 1.29 is 9.90 Å². The zero-order valence-corrected chi connectivity index (χ0v) is 10.6. The Morgan fingerprint density at radius 1 is 1.39 bits per heavy atom. The van der Waals surface area contributed by atoms with Crippen LogP contribution in [0.1, 0.15) is 41.8 Å². The Hall–Kier alpha value is -2.17. The van der Waals surface area contributed by atoms with Gasteiger partial charge in [0.1, 0.15) is 5.82 Å². The van der Waals surface area contributed by atoms with Crippen molar-refractivity contribution in [2.45, 2.75) is 26.7 Å². The minimum absolute atomic E-state index is 0.103. The molecule has 1 aromatic carbocycles. The second-order valence-electron chi connectivity index (χ2n) is 4.50. The second kappa shape index (κ2) is 4.60. The van der Waals surface area contributed by atoms with Crippen molar-refractivity contribution in [2.24, 2.45) is 0 Å². The third-order valence-electron chi connectivity index (χ3n) is 2.59. The Kier molecular flexibility index (Phi) is 3.14. The second-order valence-corrected chi connectivity index (χ2v) is 4.50. The molecule has 18 heavy (non-hydrogen) atoms. The lowest BCUT2D eigenvalue weighted by Crippen LogP contribution is -2.05. The van der Waals surface area contributed by atoms with Gasteiger partial charge in [-0.2, -0.15) is 0 Å². The van der Waals surface area contributed by atoms with E-state index in [4.69, 9.17) is 5.11 Å². The van der Waals surface area contributed by atoms with E-state index in [1.807, 2.05) is 45.0 Å². The molecule has 0 saturated carbocycles. The van der Waals surface area contributed by atoms with Crippen LogP contribution in [0.2, 0.25) is 0 Å². The molecule has 1 N–H and O–H groups in total. The summed E-state index contributed by atoms with van der Waals surface area (Å²) in [6.45, 7) is 5.90. The van der Waals surface area contributed by atoms with Gasteiger partial charge in [0.05, 0.1) is 5.69 Å². The number of carboxylic acid groups (broad SMARTS) is 1. The van der Waals surface area contributed by atoms with Gasteiger partial charge in [0.2, 0.25) is 0 Å². The Labute approximate surface area is 105 Å². The van der Waals surface area contributed by atoms with Crippen LogP contribution in [0.15, 0.2) is 24.3 Å². The van der Waals surface area contributed by atoms with Gasteiger partial charge >= 0.3 is 5.97 Å². The molecule has 94 valence electrons. The number of aromatic nitrogens is 3. The molecule has 0 spiro atoms. The Morgan fingerprint density at radius 2 is 2.11 bits per heavy atom. The van der Waals surface area contributed by atoms with Gasteiger partial charge in [-0.3, -0.25) is 0 Å². The first-order valence-corrected chi connectivity index (χ1v) is 5.76. The maximum Gasteiger partial charge on any atom is 0.375 e. The fourth-order valence-electron chi connectivity index (χ4n) is 1.74. The van der Waals surface area contributed by atoms with Crippen LogP contribution in [0.4, 0.5) is 0 Å². The summed E-state index contributed by atoms with van der Waals surface area (Å²) in [6.07, 6.45) is 0. The summed E-state index contributed by atoms with van der Waals surface area (Å²) >= 11 is 0. The Balaban J connectivity index is 2.58. The van der Waals surface area contributed by atoms with Gasteiger partial charge in [-0.1, -0.05) is 26.0 Å². The first kappa shape index (κ1) is 12.3. The number of hydrogen-bond donors (Lipinski definition) is 1. The summed E-state index contributed by atoms with van der Waals surface area (Å²) in [7, 11) is 0. The molecule has 0 aliphatic carbocycles. The lowest BCUT2D eigenvalue weighted by molar-refractivity contribution is 0.0683. The van der Waals surface area contributed by atoms with Gasteiger partial charge in [0, 0.05) is 5.92 Å². The van der Waals surface area contributed by atoms with Gasteiger partial charge in [-0.05, 0) is 24.6 Å². The lowest BCUT2D eigenvalue weighted by atomic mass is 10.2. The number of carbonyl (C=O) groups is 1. The molecule has 2 rings (SSSR count). The maximum atomic E-state index is 10.9. The molecule has 0 bridgehead atoms. The van der Waals surface area contributed by atoms with Crippen molar-refractivity contribution in [3.05, 3.63) is 41.5 Å². The van der Waals surface area contributed by atoms with Crippen LogP contribution in [0.3, 0.4) is 0 Å². The monoisotopic (exact) mass is 245 g/mol. The van der Waals surface area contributed by atoms with E-state index >= 15 is 0 Å². The van der Waals surface area contributed by atoms with Crippen molar-refractivity contribution >= 4 is 5.97 Å². The van der Waals surface area contributed by atoms with Crippen LogP contribution in [0.5, 0.6) is 0 Å². The molecule has 0 saturated heterocycles. The zero-order chi connectivity index (χ0) is 13.3. The van der Waals surface area contributed by atoms with Crippen molar-refractivity contribution in [3.63, 3.8) is 0 Å². The highest BCUT2D eigenvalue weighted by atomic mass is 16.4. The predicted octanol–water partition coefficient (Wildman–Crippen LogP) is 2.40. The van der Waals surface area contributed by atoms with E-state index < -0.39 is 5.97 Å². The smallest absolute Gasteiger partial charge is 0.375 e. The summed E-state index contributed by atoms with van der Waals surface area (Å²) < 4.78 is 1.60. The van der Waals surface area contributed by atoms with Crippen molar-refractivity contribution in [1.29, 1.82) is 0 Å². The van der Waals surface area contributed by atoms with Gasteiger partial charge in [0.15, 0.2) is 0 Å². The minimum atomic E-state index is -1.11. The highest BCUT2D eigenvalue weighted by Gasteiger charge is 2.18. The SMILES string of the molecule is Cc1cccc(-n2nc(C(=O)O)nc2C(C)C)c1. The van der Waals surface area contributed by atoms with Gasteiger partial charge in [-0.15, -0.1) is 5.10 Å². The summed E-state index contributed by atoms with van der Waals surface area (Å²) in [5, 5.41) is 13.0. The van der Waals surface area contributed by atoms with Crippen LogP contribution in [0.25, 0.3) is 5.69 Å². The molecule has 5 heteroatoms. The number of carboxylic acids is 1. The van der Waals surface area contributed by atoms with E-state index in [2.05, 4.69) is 10.1 Å². The molecule has 0 atom stereocenters. The predicted molar refractivity (Wildman–Crippen MR) is 67.1 cm³/mol. The Morgan fingerprint density at radius 3 is 2.67 bits per heavy atom. The molecule has 0 radical (unpaired) electrons.